The van der Waals surface area contributed by atoms with Gasteiger partial charge in [0.15, 0.2) is 5.82 Å². The third-order valence-corrected chi connectivity index (χ3v) is 4.89. The van der Waals surface area contributed by atoms with Gasteiger partial charge in [-0.25, -0.2) is 10.8 Å². The van der Waals surface area contributed by atoms with Gasteiger partial charge in [0.25, 0.3) is 0 Å². The SMILES string of the molecule is C=C/C=C(\C=C/C)c1cc2nc(NN)nc(N3CCOCC3)c2s1.CC. The highest BCUT2D eigenvalue weighted by Crippen LogP contribution is 2.36. The van der Waals surface area contributed by atoms with Crippen LogP contribution in [0.15, 0.2) is 36.9 Å². The molecule has 6 nitrogen and oxygen atoms in total. The summed E-state index contributed by atoms with van der Waals surface area (Å²) in [6, 6.07) is 2.07. The second-order valence-corrected chi connectivity index (χ2v) is 6.35. The molecule has 0 atom stereocenters. The molecule has 1 aliphatic rings. The number of nitrogens with zero attached hydrogens (tertiary/aromatic N) is 3. The Balaban J connectivity index is 0.00000117. The van der Waals surface area contributed by atoms with Crippen molar-refractivity contribution in [3.63, 3.8) is 0 Å². The number of hydrogen-bond acceptors (Lipinski definition) is 7. The second-order valence-electron chi connectivity index (χ2n) is 5.30. The number of allylic oxidation sites excluding steroid dienone is 5. The first-order valence-electron chi connectivity index (χ1n) is 8.83. The van der Waals surface area contributed by atoms with Crippen molar-refractivity contribution in [2.24, 2.45) is 5.84 Å². The van der Waals surface area contributed by atoms with E-state index in [1.165, 1.54) is 0 Å². The van der Waals surface area contributed by atoms with E-state index in [-0.39, 0.29) is 0 Å². The van der Waals surface area contributed by atoms with E-state index in [0.29, 0.717) is 19.2 Å². The van der Waals surface area contributed by atoms with E-state index in [1.807, 2.05) is 32.9 Å². The van der Waals surface area contributed by atoms with Crippen LogP contribution in [0.3, 0.4) is 0 Å². The van der Waals surface area contributed by atoms with Gasteiger partial charge in [0.2, 0.25) is 5.95 Å². The van der Waals surface area contributed by atoms with Crippen LogP contribution < -0.4 is 16.2 Å². The number of nitrogens with one attached hydrogen (secondary N) is 1. The minimum absolute atomic E-state index is 0.425. The molecule has 0 spiro atoms. The van der Waals surface area contributed by atoms with Crippen LogP contribution >= 0.6 is 11.3 Å². The van der Waals surface area contributed by atoms with Gasteiger partial charge in [-0.15, -0.1) is 11.3 Å². The molecule has 0 unspecified atom stereocenters. The van der Waals surface area contributed by atoms with Gasteiger partial charge in [0.1, 0.15) is 0 Å². The number of rotatable bonds is 5. The van der Waals surface area contributed by atoms with Crippen molar-refractivity contribution in [3.05, 3.63) is 41.8 Å². The van der Waals surface area contributed by atoms with E-state index < -0.39 is 0 Å². The Morgan fingerprint density at radius 3 is 2.69 bits per heavy atom. The van der Waals surface area contributed by atoms with E-state index >= 15 is 0 Å². The summed E-state index contributed by atoms with van der Waals surface area (Å²) in [5.74, 6) is 6.88. The molecule has 0 aliphatic carbocycles. The molecular weight excluding hydrogens is 346 g/mol. The predicted molar refractivity (Wildman–Crippen MR) is 113 cm³/mol. The first kappa shape index (κ1) is 20.1. The largest absolute Gasteiger partial charge is 0.378 e. The molecule has 140 valence electrons. The van der Waals surface area contributed by atoms with Crippen LogP contribution in [0.2, 0.25) is 0 Å². The lowest BCUT2D eigenvalue weighted by molar-refractivity contribution is 0.122. The highest BCUT2D eigenvalue weighted by atomic mass is 32.1. The standard InChI is InChI=1S/C17H21N5OS.C2H6/c1-3-5-12(6-4-2)14-11-13-15(24-14)16(20-17(19-13)21-18)22-7-9-23-10-8-22;1-2/h3-6,11H,1,7-10,18H2,2H3,(H,19,20,21);1-2H3/b6-4-,12-5+;. The fourth-order valence-corrected chi connectivity index (χ4v) is 3.76. The van der Waals surface area contributed by atoms with Gasteiger partial charge in [0, 0.05) is 18.0 Å². The molecule has 3 heterocycles. The molecule has 26 heavy (non-hydrogen) atoms. The quantitative estimate of drug-likeness (QED) is 0.469. The van der Waals surface area contributed by atoms with Crippen LogP contribution in [-0.4, -0.2) is 36.3 Å². The summed E-state index contributed by atoms with van der Waals surface area (Å²) < 4.78 is 6.51. The highest BCUT2D eigenvalue weighted by molar-refractivity contribution is 7.20. The number of nitrogen functional groups attached to an aromatic ring is 1. The minimum Gasteiger partial charge on any atom is -0.378 e. The molecule has 0 radical (unpaired) electrons. The van der Waals surface area contributed by atoms with Crippen LogP contribution in [0, 0.1) is 0 Å². The van der Waals surface area contributed by atoms with Crippen molar-refractivity contribution in [2.45, 2.75) is 20.8 Å². The smallest absolute Gasteiger partial charge is 0.239 e. The molecule has 0 aromatic carbocycles. The van der Waals surface area contributed by atoms with Crippen LogP contribution in [0.5, 0.6) is 0 Å². The molecule has 7 heteroatoms. The molecule has 2 aromatic rings. The maximum absolute atomic E-state index is 5.55. The van der Waals surface area contributed by atoms with Gasteiger partial charge in [-0.2, -0.15) is 4.98 Å². The third kappa shape index (κ3) is 4.49. The minimum atomic E-state index is 0.425. The van der Waals surface area contributed by atoms with Crippen molar-refractivity contribution in [1.29, 1.82) is 0 Å². The second kappa shape index (κ2) is 10.1. The normalized spacial score (nSPS) is 15.1. The number of nitrogens with two attached hydrogens (primary N) is 1. The van der Waals surface area contributed by atoms with E-state index in [1.54, 1.807) is 17.4 Å². The molecule has 1 aliphatic heterocycles. The number of fused-ring (bicyclic) bond motifs is 1. The van der Waals surface area contributed by atoms with Gasteiger partial charge < -0.3 is 9.64 Å². The monoisotopic (exact) mass is 373 g/mol. The Kier molecular flexibility index (Phi) is 7.77. The molecule has 0 bridgehead atoms. The number of aromatic nitrogens is 2. The number of ether oxygens (including phenoxy) is 1. The van der Waals surface area contributed by atoms with E-state index in [2.05, 4.69) is 39.0 Å². The lowest BCUT2D eigenvalue weighted by atomic mass is 10.2. The zero-order chi connectivity index (χ0) is 18.9. The molecule has 2 aromatic heterocycles. The Labute approximate surface area is 159 Å². The highest BCUT2D eigenvalue weighted by Gasteiger charge is 2.19. The summed E-state index contributed by atoms with van der Waals surface area (Å²) in [6.45, 7) is 12.8. The molecule has 0 saturated carbocycles. The average molecular weight is 374 g/mol. The van der Waals surface area contributed by atoms with Gasteiger partial charge >= 0.3 is 0 Å². The van der Waals surface area contributed by atoms with Crippen molar-refractivity contribution >= 4 is 38.9 Å². The topological polar surface area (TPSA) is 76.3 Å². The number of morpholine rings is 1. The van der Waals surface area contributed by atoms with E-state index in [4.69, 9.17) is 10.6 Å². The maximum atomic E-state index is 5.55. The molecule has 3 N–H and O–H groups in total. The Morgan fingerprint density at radius 1 is 1.35 bits per heavy atom. The molecule has 1 fully saturated rings. The summed E-state index contributed by atoms with van der Waals surface area (Å²) in [5.41, 5.74) is 4.56. The van der Waals surface area contributed by atoms with Crippen molar-refractivity contribution < 1.29 is 4.74 Å². The molecule has 3 rings (SSSR count). The predicted octanol–water partition coefficient (Wildman–Crippen LogP) is 3.99. The number of anilines is 2. The van der Waals surface area contributed by atoms with Crippen LogP contribution in [0.25, 0.3) is 15.8 Å². The Hall–Kier alpha value is -2.22. The summed E-state index contributed by atoms with van der Waals surface area (Å²) >= 11 is 1.68. The van der Waals surface area contributed by atoms with E-state index in [9.17, 15) is 0 Å². The fraction of sp³-hybridized carbons (Fsp3) is 0.368. The zero-order valence-electron chi connectivity index (χ0n) is 15.7. The first-order valence-corrected chi connectivity index (χ1v) is 9.65. The lowest BCUT2D eigenvalue weighted by Crippen LogP contribution is -2.37. The Bertz CT molecular complexity index is 791. The van der Waals surface area contributed by atoms with Crippen molar-refractivity contribution in [2.75, 3.05) is 36.6 Å². The maximum Gasteiger partial charge on any atom is 0.239 e. The first-order chi connectivity index (χ1) is 12.8. The number of hydrogen-bond donors (Lipinski definition) is 2. The summed E-state index contributed by atoms with van der Waals surface area (Å²) in [4.78, 5) is 12.4. The van der Waals surface area contributed by atoms with Crippen LogP contribution in [0.4, 0.5) is 11.8 Å². The van der Waals surface area contributed by atoms with Gasteiger partial charge in [-0.05, 0) is 18.6 Å². The fourth-order valence-electron chi connectivity index (χ4n) is 2.64. The molecule has 0 amide bonds. The average Bonchev–Trinajstić information content (AvgIpc) is 3.13. The van der Waals surface area contributed by atoms with Gasteiger partial charge in [-0.3, -0.25) is 5.43 Å². The van der Waals surface area contributed by atoms with Crippen molar-refractivity contribution in [3.8, 4) is 0 Å². The Morgan fingerprint density at radius 2 is 2.08 bits per heavy atom. The lowest BCUT2D eigenvalue weighted by Gasteiger charge is -2.28. The molecular formula is C19H27N5OS. The summed E-state index contributed by atoms with van der Waals surface area (Å²) in [7, 11) is 0. The molecule has 1 saturated heterocycles. The zero-order valence-corrected chi connectivity index (χ0v) is 16.5. The van der Waals surface area contributed by atoms with Crippen LogP contribution in [-0.2, 0) is 4.74 Å². The van der Waals surface area contributed by atoms with Gasteiger partial charge in [0.05, 0.1) is 23.4 Å². The van der Waals surface area contributed by atoms with E-state index in [0.717, 1.165) is 39.6 Å². The summed E-state index contributed by atoms with van der Waals surface area (Å²) in [5, 5.41) is 0. The third-order valence-electron chi connectivity index (χ3n) is 3.72. The number of thiophene rings is 1. The van der Waals surface area contributed by atoms with Crippen LogP contribution in [0.1, 0.15) is 25.6 Å². The summed E-state index contributed by atoms with van der Waals surface area (Å²) in [6.07, 6.45) is 7.87. The number of hydrazine groups is 1. The van der Waals surface area contributed by atoms with Crippen molar-refractivity contribution in [1.82, 2.24) is 9.97 Å². The van der Waals surface area contributed by atoms with Gasteiger partial charge in [-0.1, -0.05) is 44.7 Å².